The molecule has 86 valence electrons. The Hall–Kier alpha value is -0.470. The lowest BCUT2D eigenvalue weighted by Gasteiger charge is -2.00. The van der Waals surface area contributed by atoms with Gasteiger partial charge in [-0.3, -0.25) is 4.72 Å². The van der Waals surface area contributed by atoms with E-state index in [-0.39, 0.29) is 0 Å². The van der Waals surface area contributed by atoms with Crippen LogP contribution in [0.1, 0.15) is 34.1 Å². The van der Waals surface area contributed by atoms with Crippen LogP contribution in [0.3, 0.4) is 0 Å². The SMILES string of the molecule is CC(C)C.CCCNSc1ccccc1. The van der Waals surface area contributed by atoms with Crippen molar-refractivity contribution in [1.29, 1.82) is 0 Å². The number of rotatable bonds is 4. The summed E-state index contributed by atoms with van der Waals surface area (Å²) in [6, 6.07) is 10.3. The summed E-state index contributed by atoms with van der Waals surface area (Å²) in [5.74, 6) is 0.833. The van der Waals surface area contributed by atoms with Crippen molar-refractivity contribution in [3.05, 3.63) is 30.3 Å². The summed E-state index contributed by atoms with van der Waals surface area (Å²) in [4.78, 5) is 1.28. The molecule has 15 heavy (non-hydrogen) atoms. The van der Waals surface area contributed by atoms with Gasteiger partial charge in [0, 0.05) is 11.4 Å². The highest BCUT2D eigenvalue weighted by Gasteiger charge is 1.88. The van der Waals surface area contributed by atoms with Crippen LogP contribution >= 0.6 is 11.9 Å². The van der Waals surface area contributed by atoms with Gasteiger partial charge in [0.1, 0.15) is 0 Å². The summed E-state index contributed by atoms with van der Waals surface area (Å²) >= 11 is 1.69. The molecule has 1 nitrogen and oxygen atoms in total. The molecule has 0 fully saturated rings. The van der Waals surface area contributed by atoms with Gasteiger partial charge < -0.3 is 0 Å². The Labute approximate surface area is 98.8 Å². The maximum Gasteiger partial charge on any atom is 0.0228 e. The van der Waals surface area contributed by atoms with Gasteiger partial charge in [-0.25, -0.2) is 0 Å². The summed E-state index contributed by atoms with van der Waals surface area (Å²) < 4.78 is 3.27. The minimum Gasteiger partial charge on any atom is -0.260 e. The second kappa shape index (κ2) is 10.1. The van der Waals surface area contributed by atoms with E-state index in [1.807, 2.05) is 6.07 Å². The molecule has 1 aromatic rings. The molecule has 0 aliphatic carbocycles. The first-order valence-corrected chi connectivity index (χ1v) is 6.43. The lowest BCUT2D eigenvalue weighted by atomic mass is 10.3. The van der Waals surface area contributed by atoms with E-state index in [9.17, 15) is 0 Å². The predicted molar refractivity (Wildman–Crippen MR) is 71.1 cm³/mol. The number of hydrogen-bond donors (Lipinski definition) is 1. The number of benzene rings is 1. The highest BCUT2D eigenvalue weighted by atomic mass is 32.2. The van der Waals surface area contributed by atoms with Crippen LogP contribution in [0.15, 0.2) is 35.2 Å². The lowest BCUT2D eigenvalue weighted by Crippen LogP contribution is -2.02. The molecule has 0 aliphatic rings. The summed E-state index contributed by atoms with van der Waals surface area (Å²) in [6.45, 7) is 9.73. The van der Waals surface area contributed by atoms with E-state index in [1.54, 1.807) is 11.9 Å². The maximum atomic E-state index is 3.27. The maximum absolute atomic E-state index is 3.27. The zero-order valence-corrected chi connectivity index (χ0v) is 11.1. The van der Waals surface area contributed by atoms with Gasteiger partial charge in [0.2, 0.25) is 0 Å². The van der Waals surface area contributed by atoms with Gasteiger partial charge >= 0.3 is 0 Å². The summed E-state index contributed by atoms with van der Waals surface area (Å²) in [5.41, 5.74) is 0. The first-order valence-electron chi connectivity index (χ1n) is 5.61. The molecular formula is C13H23NS. The third-order valence-corrected chi connectivity index (χ3v) is 2.14. The number of hydrogen-bond acceptors (Lipinski definition) is 2. The summed E-state index contributed by atoms with van der Waals surface area (Å²) in [6.07, 6.45) is 1.18. The van der Waals surface area contributed by atoms with Crippen LogP contribution in [0.25, 0.3) is 0 Å². The second-order valence-corrected chi connectivity index (χ2v) is 5.01. The fourth-order valence-electron chi connectivity index (χ4n) is 0.725. The van der Waals surface area contributed by atoms with Gasteiger partial charge in [0.25, 0.3) is 0 Å². The van der Waals surface area contributed by atoms with Gasteiger partial charge in [-0.2, -0.15) is 0 Å². The molecule has 0 amide bonds. The molecule has 0 spiro atoms. The third kappa shape index (κ3) is 11.5. The highest BCUT2D eigenvalue weighted by Crippen LogP contribution is 2.12. The van der Waals surface area contributed by atoms with Crippen molar-refractivity contribution in [2.24, 2.45) is 5.92 Å². The quantitative estimate of drug-likeness (QED) is 0.604. The van der Waals surface area contributed by atoms with Crippen LogP contribution in [0.2, 0.25) is 0 Å². The average molecular weight is 225 g/mol. The minimum atomic E-state index is 0.833. The molecule has 2 heteroatoms. The fraction of sp³-hybridized carbons (Fsp3) is 0.538. The van der Waals surface area contributed by atoms with Gasteiger partial charge in [0.05, 0.1) is 0 Å². The van der Waals surface area contributed by atoms with E-state index in [0.717, 1.165) is 12.5 Å². The van der Waals surface area contributed by atoms with E-state index in [4.69, 9.17) is 0 Å². The fourth-order valence-corrected chi connectivity index (χ4v) is 1.49. The molecule has 0 aliphatic heterocycles. The van der Waals surface area contributed by atoms with Crippen molar-refractivity contribution < 1.29 is 0 Å². The Morgan fingerprint density at radius 2 is 1.67 bits per heavy atom. The van der Waals surface area contributed by atoms with Crippen molar-refractivity contribution in [3.63, 3.8) is 0 Å². The van der Waals surface area contributed by atoms with Crippen molar-refractivity contribution in [2.45, 2.75) is 39.0 Å². The Morgan fingerprint density at radius 3 is 2.13 bits per heavy atom. The Kier molecular flexibility index (Phi) is 9.75. The molecule has 0 saturated heterocycles. The molecule has 0 unspecified atom stereocenters. The Morgan fingerprint density at radius 1 is 1.13 bits per heavy atom. The van der Waals surface area contributed by atoms with Crippen LogP contribution in [0.5, 0.6) is 0 Å². The zero-order valence-electron chi connectivity index (χ0n) is 10.3. The van der Waals surface area contributed by atoms with Crippen molar-refractivity contribution in [2.75, 3.05) is 6.54 Å². The lowest BCUT2D eigenvalue weighted by molar-refractivity contribution is 0.737. The van der Waals surface area contributed by atoms with Crippen LogP contribution in [0, 0.1) is 5.92 Å². The molecule has 1 N–H and O–H groups in total. The predicted octanol–water partition coefficient (Wildman–Crippen LogP) is 4.36. The van der Waals surface area contributed by atoms with Crippen LogP contribution < -0.4 is 4.72 Å². The first kappa shape index (κ1) is 14.5. The molecule has 0 aromatic heterocycles. The third-order valence-electron chi connectivity index (χ3n) is 1.29. The van der Waals surface area contributed by atoms with Gasteiger partial charge in [0.15, 0.2) is 0 Å². The first-order chi connectivity index (χ1) is 7.16. The minimum absolute atomic E-state index is 0.833. The van der Waals surface area contributed by atoms with E-state index < -0.39 is 0 Å². The average Bonchev–Trinajstić information content (AvgIpc) is 2.19. The summed E-state index contributed by atoms with van der Waals surface area (Å²) in [5, 5.41) is 0. The largest absolute Gasteiger partial charge is 0.260 e. The molecule has 0 bridgehead atoms. The molecule has 0 heterocycles. The molecule has 0 atom stereocenters. The van der Waals surface area contributed by atoms with E-state index in [0.29, 0.717) is 0 Å². The van der Waals surface area contributed by atoms with E-state index in [1.165, 1.54) is 11.3 Å². The monoisotopic (exact) mass is 225 g/mol. The summed E-state index contributed by atoms with van der Waals surface area (Å²) in [7, 11) is 0. The van der Waals surface area contributed by atoms with E-state index >= 15 is 0 Å². The molecular weight excluding hydrogens is 202 g/mol. The van der Waals surface area contributed by atoms with Gasteiger partial charge in [-0.05, 0) is 36.4 Å². The van der Waals surface area contributed by atoms with Crippen LogP contribution in [-0.4, -0.2) is 6.54 Å². The van der Waals surface area contributed by atoms with Gasteiger partial charge in [-0.15, -0.1) is 0 Å². The molecule has 0 radical (unpaired) electrons. The smallest absolute Gasteiger partial charge is 0.0228 e. The molecule has 0 saturated carbocycles. The number of nitrogens with one attached hydrogen (secondary N) is 1. The Balaban J connectivity index is 0.000000423. The van der Waals surface area contributed by atoms with Crippen molar-refractivity contribution in [1.82, 2.24) is 4.72 Å². The van der Waals surface area contributed by atoms with Crippen molar-refractivity contribution >= 4 is 11.9 Å². The highest BCUT2D eigenvalue weighted by molar-refractivity contribution is 7.97. The normalized spacial score (nSPS) is 9.67. The van der Waals surface area contributed by atoms with Crippen LogP contribution in [0.4, 0.5) is 0 Å². The molecule has 1 rings (SSSR count). The second-order valence-electron chi connectivity index (χ2n) is 4.04. The van der Waals surface area contributed by atoms with Crippen LogP contribution in [-0.2, 0) is 0 Å². The standard InChI is InChI=1S/C9H13NS.C4H10/c1-2-8-10-11-9-6-4-3-5-7-9;1-4(2)3/h3-7,10H,2,8H2,1H3;4H,1-3H3. The Bertz CT molecular complexity index is 218. The van der Waals surface area contributed by atoms with Crippen molar-refractivity contribution in [3.8, 4) is 0 Å². The molecule has 1 aromatic carbocycles. The zero-order chi connectivity index (χ0) is 11.5. The van der Waals surface area contributed by atoms with Gasteiger partial charge in [-0.1, -0.05) is 45.9 Å². The van der Waals surface area contributed by atoms with E-state index in [2.05, 4.69) is 56.7 Å². The topological polar surface area (TPSA) is 12.0 Å².